The molecule has 0 amide bonds. The maximum atomic E-state index is 5.26. The minimum absolute atomic E-state index is 0.295. The molecule has 0 aliphatic heterocycles. The monoisotopic (exact) mass is 266 g/mol. The molecule has 0 saturated heterocycles. The van der Waals surface area contributed by atoms with Crippen LogP contribution in [0.25, 0.3) is 11.1 Å². The molecule has 0 N–H and O–H groups in total. The zero-order chi connectivity index (χ0) is 13.0. The number of methoxy groups -OCH3 is 3. The molecule has 0 atom stereocenters. The number of nitrogens with zero attached hydrogens (tertiary/aromatic N) is 2. The average molecular weight is 266 g/mol. The quantitative estimate of drug-likeness (QED) is 0.778. The van der Waals surface area contributed by atoms with Gasteiger partial charge in [-0.05, 0) is 22.4 Å². The molecular formula is C12H14N2O3S. The van der Waals surface area contributed by atoms with Gasteiger partial charge in [-0.1, -0.05) is 0 Å². The molecule has 2 heterocycles. The van der Waals surface area contributed by atoms with Gasteiger partial charge in [-0.15, -0.1) is 0 Å². The Morgan fingerprint density at radius 1 is 1.22 bits per heavy atom. The van der Waals surface area contributed by atoms with E-state index >= 15 is 0 Å². The van der Waals surface area contributed by atoms with Crippen molar-refractivity contribution in [2.75, 3.05) is 21.3 Å². The SMILES string of the molecule is COc1ncc(-c2ccsc2)c(C(OC)OC)n1. The molecule has 0 spiro atoms. The third-order valence-electron chi connectivity index (χ3n) is 2.46. The zero-order valence-corrected chi connectivity index (χ0v) is 11.2. The van der Waals surface area contributed by atoms with Crippen LogP contribution in [-0.2, 0) is 9.47 Å². The van der Waals surface area contributed by atoms with Gasteiger partial charge in [0.2, 0.25) is 6.29 Å². The van der Waals surface area contributed by atoms with Gasteiger partial charge in [-0.25, -0.2) is 4.98 Å². The number of thiophene rings is 1. The number of ether oxygens (including phenoxy) is 3. The van der Waals surface area contributed by atoms with E-state index in [1.165, 1.54) is 7.11 Å². The highest BCUT2D eigenvalue weighted by Crippen LogP contribution is 2.30. The van der Waals surface area contributed by atoms with Gasteiger partial charge in [0.05, 0.1) is 7.11 Å². The molecule has 0 fully saturated rings. The van der Waals surface area contributed by atoms with Crippen LogP contribution in [0.1, 0.15) is 12.0 Å². The predicted molar refractivity (Wildman–Crippen MR) is 68.7 cm³/mol. The molecular weight excluding hydrogens is 252 g/mol. The van der Waals surface area contributed by atoms with E-state index in [1.807, 2.05) is 16.8 Å². The Bertz CT molecular complexity index is 498. The van der Waals surface area contributed by atoms with Crippen LogP contribution in [0, 0.1) is 0 Å². The van der Waals surface area contributed by atoms with Crippen LogP contribution in [0.5, 0.6) is 6.01 Å². The second kappa shape index (κ2) is 5.90. The summed E-state index contributed by atoms with van der Waals surface area (Å²) >= 11 is 1.61. The topological polar surface area (TPSA) is 53.5 Å². The van der Waals surface area contributed by atoms with E-state index < -0.39 is 6.29 Å². The van der Waals surface area contributed by atoms with E-state index in [1.54, 1.807) is 31.8 Å². The van der Waals surface area contributed by atoms with Gasteiger partial charge in [0.25, 0.3) is 0 Å². The van der Waals surface area contributed by atoms with Crippen molar-refractivity contribution >= 4 is 11.3 Å². The van der Waals surface area contributed by atoms with E-state index in [2.05, 4.69) is 9.97 Å². The molecule has 2 rings (SSSR count). The fourth-order valence-electron chi connectivity index (χ4n) is 1.62. The van der Waals surface area contributed by atoms with E-state index in [0.29, 0.717) is 11.7 Å². The van der Waals surface area contributed by atoms with Gasteiger partial charge in [-0.2, -0.15) is 16.3 Å². The molecule has 6 heteroatoms. The number of aromatic nitrogens is 2. The fourth-order valence-corrected chi connectivity index (χ4v) is 2.27. The molecule has 0 bridgehead atoms. The van der Waals surface area contributed by atoms with E-state index in [0.717, 1.165) is 11.1 Å². The molecule has 0 aliphatic carbocycles. The lowest BCUT2D eigenvalue weighted by molar-refractivity contribution is -0.108. The molecule has 2 aromatic heterocycles. The Labute approximate surface area is 109 Å². The van der Waals surface area contributed by atoms with Crippen molar-refractivity contribution < 1.29 is 14.2 Å². The number of hydrogen-bond acceptors (Lipinski definition) is 6. The van der Waals surface area contributed by atoms with Crippen LogP contribution < -0.4 is 4.74 Å². The van der Waals surface area contributed by atoms with E-state index in [4.69, 9.17) is 14.2 Å². The van der Waals surface area contributed by atoms with Gasteiger partial charge in [0.15, 0.2) is 0 Å². The highest BCUT2D eigenvalue weighted by molar-refractivity contribution is 7.08. The highest BCUT2D eigenvalue weighted by atomic mass is 32.1. The Balaban J connectivity index is 2.51. The van der Waals surface area contributed by atoms with Gasteiger partial charge in [-0.3, -0.25) is 0 Å². The smallest absolute Gasteiger partial charge is 0.316 e. The standard InChI is InChI=1S/C12H14N2O3S/c1-15-11(16-2)10-9(8-4-5-18-7-8)6-13-12(14-10)17-3/h4-7,11H,1-3H3. The summed E-state index contributed by atoms with van der Waals surface area (Å²) in [6.45, 7) is 0. The number of rotatable bonds is 5. The maximum Gasteiger partial charge on any atom is 0.316 e. The first-order valence-corrected chi connectivity index (χ1v) is 6.23. The lowest BCUT2D eigenvalue weighted by Gasteiger charge is -2.16. The maximum absolute atomic E-state index is 5.26. The van der Waals surface area contributed by atoms with Crippen LogP contribution in [-0.4, -0.2) is 31.3 Å². The van der Waals surface area contributed by atoms with Gasteiger partial charge in [0, 0.05) is 26.0 Å². The fraction of sp³-hybridized carbons (Fsp3) is 0.333. The lowest BCUT2D eigenvalue weighted by atomic mass is 10.1. The van der Waals surface area contributed by atoms with Gasteiger partial charge >= 0.3 is 6.01 Å². The molecule has 5 nitrogen and oxygen atoms in total. The molecule has 0 radical (unpaired) electrons. The summed E-state index contributed by atoms with van der Waals surface area (Å²) in [4.78, 5) is 8.44. The third-order valence-corrected chi connectivity index (χ3v) is 3.15. The summed E-state index contributed by atoms with van der Waals surface area (Å²) in [5.41, 5.74) is 2.58. The Morgan fingerprint density at radius 2 is 2.00 bits per heavy atom. The summed E-state index contributed by atoms with van der Waals surface area (Å²) in [6.07, 6.45) is 1.17. The highest BCUT2D eigenvalue weighted by Gasteiger charge is 2.19. The van der Waals surface area contributed by atoms with Crippen molar-refractivity contribution in [1.82, 2.24) is 9.97 Å². The first kappa shape index (κ1) is 12.9. The summed E-state index contributed by atoms with van der Waals surface area (Å²) in [7, 11) is 4.66. The molecule has 0 aromatic carbocycles. The molecule has 0 unspecified atom stereocenters. The average Bonchev–Trinajstić information content (AvgIpc) is 2.94. The van der Waals surface area contributed by atoms with Crippen molar-refractivity contribution in [1.29, 1.82) is 0 Å². The Morgan fingerprint density at radius 3 is 2.56 bits per heavy atom. The molecule has 96 valence electrons. The molecule has 18 heavy (non-hydrogen) atoms. The van der Waals surface area contributed by atoms with Crippen molar-refractivity contribution in [3.05, 3.63) is 28.7 Å². The third kappa shape index (κ3) is 2.50. The Kier molecular flexibility index (Phi) is 4.24. The van der Waals surface area contributed by atoms with Crippen LogP contribution in [0.3, 0.4) is 0 Å². The largest absolute Gasteiger partial charge is 0.467 e. The summed E-state index contributed by atoms with van der Waals surface area (Å²) in [5.74, 6) is 0. The van der Waals surface area contributed by atoms with Crippen LogP contribution in [0.4, 0.5) is 0 Å². The van der Waals surface area contributed by atoms with E-state index in [-0.39, 0.29) is 0 Å². The zero-order valence-electron chi connectivity index (χ0n) is 10.4. The predicted octanol–water partition coefficient (Wildman–Crippen LogP) is 2.51. The van der Waals surface area contributed by atoms with Gasteiger partial charge in [0.1, 0.15) is 5.69 Å². The second-order valence-corrected chi connectivity index (χ2v) is 4.25. The summed E-state index contributed by atoms with van der Waals surface area (Å²) < 4.78 is 15.6. The molecule has 0 aliphatic rings. The molecule has 2 aromatic rings. The van der Waals surface area contributed by atoms with Crippen molar-refractivity contribution in [2.24, 2.45) is 0 Å². The molecule has 0 saturated carbocycles. The van der Waals surface area contributed by atoms with Crippen LogP contribution in [0.15, 0.2) is 23.0 Å². The van der Waals surface area contributed by atoms with Crippen molar-refractivity contribution in [3.63, 3.8) is 0 Å². The van der Waals surface area contributed by atoms with Crippen LogP contribution in [0.2, 0.25) is 0 Å². The summed E-state index contributed by atoms with van der Waals surface area (Å²) in [5, 5.41) is 4.02. The first-order chi connectivity index (χ1) is 8.80. The number of hydrogen-bond donors (Lipinski definition) is 0. The minimum atomic E-state index is -0.545. The van der Waals surface area contributed by atoms with Gasteiger partial charge < -0.3 is 14.2 Å². The van der Waals surface area contributed by atoms with Crippen molar-refractivity contribution in [2.45, 2.75) is 6.29 Å². The van der Waals surface area contributed by atoms with Crippen molar-refractivity contribution in [3.8, 4) is 17.1 Å². The van der Waals surface area contributed by atoms with E-state index in [9.17, 15) is 0 Å². The van der Waals surface area contributed by atoms with Crippen LogP contribution >= 0.6 is 11.3 Å². The second-order valence-electron chi connectivity index (χ2n) is 3.47. The lowest BCUT2D eigenvalue weighted by Crippen LogP contribution is -2.09. The summed E-state index contributed by atoms with van der Waals surface area (Å²) in [6, 6.07) is 2.30. The Hall–Kier alpha value is -1.50. The first-order valence-electron chi connectivity index (χ1n) is 5.29. The normalized spacial score (nSPS) is 10.9. The minimum Gasteiger partial charge on any atom is -0.467 e.